The normalized spacial score (nSPS) is 17.7. The Hall–Kier alpha value is -1.81. The summed E-state index contributed by atoms with van der Waals surface area (Å²) in [5.41, 5.74) is 4.79. The molecule has 0 saturated carbocycles. The van der Waals surface area contributed by atoms with E-state index in [2.05, 4.69) is 47.3 Å². The smallest absolute Gasteiger partial charge is 0.0991 e. The first kappa shape index (κ1) is 15.7. The molecule has 3 aromatic rings. The summed E-state index contributed by atoms with van der Waals surface area (Å²) in [4.78, 5) is 6.40. The Morgan fingerprint density at radius 2 is 1.92 bits per heavy atom. The van der Waals surface area contributed by atoms with Crippen LogP contribution < -0.4 is 0 Å². The molecule has 0 N–H and O–H groups in total. The fraction of sp³-hybridized carbons (Fsp3) is 0.211. The first-order valence-corrected chi connectivity index (χ1v) is 8.62. The molecule has 3 nitrogen and oxygen atoms in total. The molecule has 2 aromatic carbocycles. The summed E-state index contributed by atoms with van der Waals surface area (Å²) in [6.45, 7) is 1.81. The van der Waals surface area contributed by atoms with Gasteiger partial charge in [-0.2, -0.15) is 0 Å². The zero-order valence-electron chi connectivity index (χ0n) is 13.3. The van der Waals surface area contributed by atoms with E-state index in [1.165, 1.54) is 16.7 Å². The van der Waals surface area contributed by atoms with Gasteiger partial charge in [-0.15, -0.1) is 0 Å². The minimum atomic E-state index is 0.270. The maximum Gasteiger partial charge on any atom is 0.0991 e. The number of fused-ring (bicyclic) bond motifs is 1. The van der Waals surface area contributed by atoms with E-state index in [1.54, 1.807) is 12.5 Å². The van der Waals surface area contributed by atoms with Crippen LogP contribution in [0.5, 0.6) is 0 Å². The Kier molecular flexibility index (Phi) is 4.09. The van der Waals surface area contributed by atoms with Crippen LogP contribution in [0.2, 0.25) is 10.0 Å². The van der Waals surface area contributed by atoms with Crippen LogP contribution in [0, 0.1) is 0 Å². The van der Waals surface area contributed by atoms with Gasteiger partial charge < -0.3 is 9.47 Å². The number of aromatic nitrogens is 2. The standard InChI is InChI=1S/C19H17Cl2N3/c1-23-10-17(16-8-14(20)9-19(21)18(16)11-23)13-2-4-15(5-3-13)24-7-6-22-12-24/h2-9,12,17H,10-11H2,1H3. The minimum Gasteiger partial charge on any atom is -0.306 e. The average Bonchev–Trinajstić information content (AvgIpc) is 3.10. The van der Waals surface area contributed by atoms with Crippen molar-refractivity contribution in [3.8, 4) is 5.69 Å². The minimum absolute atomic E-state index is 0.270. The Balaban J connectivity index is 1.75. The van der Waals surface area contributed by atoms with Gasteiger partial charge >= 0.3 is 0 Å². The molecule has 122 valence electrons. The molecular formula is C19H17Cl2N3. The van der Waals surface area contributed by atoms with Crippen molar-refractivity contribution in [1.29, 1.82) is 0 Å². The SMILES string of the molecule is CN1Cc2c(Cl)cc(Cl)cc2C(c2ccc(-n3ccnc3)cc2)C1. The Morgan fingerprint density at radius 3 is 2.62 bits per heavy atom. The molecule has 5 heteroatoms. The molecule has 1 unspecified atom stereocenters. The summed E-state index contributed by atoms with van der Waals surface area (Å²) in [5, 5.41) is 1.45. The first-order chi connectivity index (χ1) is 11.6. The molecule has 0 bridgehead atoms. The predicted octanol–water partition coefficient (Wildman–Crippen LogP) is 4.76. The molecule has 0 radical (unpaired) electrons. The van der Waals surface area contributed by atoms with Crippen molar-refractivity contribution in [2.75, 3.05) is 13.6 Å². The number of nitrogens with zero attached hydrogens (tertiary/aromatic N) is 3. The predicted molar refractivity (Wildman–Crippen MR) is 98.2 cm³/mol. The summed E-state index contributed by atoms with van der Waals surface area (Å²) < 4.78 is 2.00. The van der Waals surface area contributed by atoms with Gasteiger partial charge in [0.1, 0.15) is 0 Å². The first-order valence-electron chi connectivity index (χ1n) is 7.86. The number of likely N-dealkylation sites (N-methyl/N-ethyl adjacent to an activating group) is 1. The summed E-state index contributed by atoms with van der Waals surface area (Å²) >= 11 is 12.7. The summed E-state index contributed by atoms with van der Waals surface area (Å²) in [6.07, 6.45) is 5.53. The molecule has 0 amide bonds. The molecule has 1 atom stereocenters. The Morgan fingerprint density at radius 1 is 1.12 bits per heavy atom. The number of rotatable bonds is 2. The number of hydrogen-bond donors (Lipinski definition) is 0. The van der Waals surface area contributed by atoms with Crippen LogP contribution in [-0.2, 0) is 6.54 Å². The number of halogens is 2. The van der Waals surface area contributed by atoms with Gasteiger partial charge in [0.15, 0.2) is 0 Å². The second-order valence-corrected chi connectivity index (χ2v) is 7.11. The highest BCUT2D eigenvalue weighted by atomic mass is 35.5. The van der Waals surface area contributed by atoms with Crippen molar-refractivity contribution in [2.24, 2.45) is 0 Å². The largest absolute Gasteiger partial charge is 0.306 e. The second-order valence-electron chi connectivity index (χ2n) is 6.27. The highest BCUT2D eigenvalue weighted by Crippen LogP contribution is 2.38. The summed E-state index contributed by atoms with van der Waals surface area (Å²) in [6, 6.07) is 12.5. The van der Waals surface area contributed by atoms with E-state index in [4.69, 9.17) is 23.2 Å². The summed E-state index contributed by atoms with van der Waals surface area (Å²) in [5.74, 6) is 0.270. The lowest BCUT2D eigenvalue weighted by molar-refractivity contribution is 0.295. The molecule has 2 heterocycles. The average molecular weight is 358 g/mol. The lowest BCUT2D eigenvalue weighted by atomic mass is 9.84. The third kappa shape index (κ3) is 2.84. The summed E-state index contributed by atoms with van der Waals surface area (Å²) in [7, 11) is 2.13. The third-order valence-corrected chi connectivity index (χ3v) is 5.15. The van der Waals surface area contributed by atoms with Gasteiger partial charge in [-0.3, -0.25) is 0 Å². The molecule has 24 heavy (non-hydrogen) atoms. The molecular weight excluding hydrogens is 341 g/mol. The fourth-order valence-electron chi connectivity index (χ4n) is 3.42. The maximum atomic E-state index is 6.44. The highest BCUT2D eigenvalue weighted by molar-refractivity contribution is 6.35. The molecule has 4 rings (SSSR count). The van der Waals surface area contributed by atoms with E-state index in [9.17, 15) is 0 Å². The molecule has 0 saturated heterocycles. The molecule has 1 aliphatic heterocycles. The lowest BCUT2D eigenvalue weighted by Gasteiger charge is -2.33. The van der Waals surface area contributed by atoms with Crippen molar-refractivity contribution in [2.45, 2.75) is 12.5 Å². The van der Waals surface area contributed by atoms with E-state index in [1.807, 2.05) is 16.8 Å². The van der Waals surface area contributed by atoms with Crippen LogP contribution >= 0.6 is 23.2 Å². The van der Waals surface area contributed by atoms with Crippen LogP contribution in [0.1, 0.15) is 22.6 Å². The quantitative estimate of drug-likeness (QED) is 0.659. The second kappa shape index (κ2) is 6.25. The van der Waals surface area contributed by atoms with Crippen molar-refractivity contribution in [1.82, 2.24) is 14.5 Å². The number of imidazole rings is 1. The lowest BCUT2D eigenvalue weighted by Crippen LogP contribution is -2.31. The van der Waals surface area contributed by atoms with Crippen LogP contribution in [0.15, 0.2) is 55.1 Å². The zero-order chi connectivity index (χ0) is 16.7. The molecule has 1 aliphatic rings. The third-order valence-electron chi connectivity index (χ3n) is 4.59. The van der Waals surface area contributed by atoms with E-state index < -0.39 is 0 Å². The van der Waals surface area contributed by atoms with Gasteiger partial charge in [0.2, 0.25) is 0 Å². The van der Waals surface area contributed by atoms with Gasteiger partial charge in [-0.05, 0) is 48.0 Å². The maximum absolute atomic E-state index is 6.44. The van der Waals surface area contributed by atoms with E-state index in [0.717, 1.165) is 23.8 Å². The van der Waals surface area contributed by atoms with Crippen LogP contribution in [0.25, 0.3) is 5.69 Å². The van der Waals surface area contributed by atoms with Crippen LogP contribution in [0.4, 0.5) is 0 Å². The number of hydrogen-bond acceptors (Lipinski definition) is 2. The Labute approximate surface area is 151 Å². The van der Waals surface area contributed by atoms with Gasteiger partial charge in [0.05, 0.1) is 6.33 Å². The molecule has 0 aliphatic carbocycles. The highest BCUT2D eigenvalue weighted by Gasteiger charge is 2.27. The van der Waals surface area contributed by atoms with Gasteiger partial charge in [-0.25, -0.2) is 4.98 Å². The van der Waals surface area contributed by atoms with E-state index in [0.29, 0.717) is 5.02 Å². The number of benzene rings is 2. The van der Waals surface area contributed by atoms with Crippen molar-refractivity contribution < 1.29 is 0 Å². The Bertz CT molecular complexity index is 857. The van der Waals surface area contributed by atoms with Crippen molar-refractivity contribution >= 4 is 23.2 Å². The van der Waals surface area contributed by atoms with Gasteiger partial charge in [0, 0.05) is 47.1 Å². The fourth-order valence-corrected chi connectivity index (χ4v) is 3.99. The molecule has 1 aromatic heterocycles. The van der Waals surface area contributed by atoms with Crippen LogP contribution in [0.3, 0.4) is 0 Å². The molecule has 0 fully saturated rings. The van der Waals surface area contributed by atoms with Crippen LogP contribution in [-0.4, -0.2) is 28.0 Å². The van der Waals surface area contributed by atoms with Gasteiger partial charge in [-0.1, -0.05) is 35.3 Å². The van der Waals surface area contributed by atoms with Crippen molar-refractivity contribution in [3.63, 3.8) is 0 Å². The van der Waals surface area contributed by atoms with Gasteiger partial charge in [0.25, 0.3) is 0 Å². The zero-order valence-corrected chi connectivity index (χ0v) is 14.8. The van der Waals surface area contributed by atoms with E-state index in [-0.39, 0.29) is 5.92 Å². The molecule has 0 spiro atoms. The monoisotopic (exact) mass is 357 g/mol. The topological polar surface area (TPSA) is 21.1 Å². The van der Waals surface area contributed by atoms with E-state index >= 15 is 0 Å². The van der Waals surface area contributed by atoms with Crippen molar-refractivity contribution in [3.05, 3.63) is 81.9 Å².